The van der Waals surface area contributed by atoms with E-state index in [0.717, 1.165) is 52.8 Å². The van der Waals surface area contributed by atoms with Gasteiger partial charge in [0.1, 0.15) is 16.4 Å². The summed E-state index contributed by atoms with van der Waals surface area (Å²) in [5, 5.41) is 5.83. The van der Waals surface area contributed by atoms with Crippen molar-refractivity contribution in [1.82, 2.24) is 9.55 Å². The van der Waals surface area contributed by atoms with Crippen molar-refractivity contribution in [3.8, 4) is 11.1 Å². The first-order valence-corrected chi connectivity index (χ1v) is 13.7. The molecule has 1 amide bonds. The quantitative estimate of drug-likeness (QED) is 0.339. The number of carbonyl (C=O) groups is 2. The van der Waals surface area contributed by atoms with Crippen LogP contribution in [0.4, 0.5) is 5.00 Å². The molecule has 7 nitrogen and oxygen atoms in total. The third kappa shape index (κ3) is 4.49. The molecule has 1 aliphatic rings. The van der Waals surface area contributed by atoms with Gasteiger partial charge < -0.3 is 10.1 Å². The monoisotopic (exact) mass is 521 g/mol. The maximum atomic E-state index is 13.4. The maximum Gasteiger partial charge on any atom is 0.341 e. The summed E-state index contributed by atoms with van der Waals surface area (Å²) in [6, 6.07) is 6.11. The predicted octanol–water partition coefficient (Wildman–Crippen LogP) is 5.50. The van der Waals surface area contributed by atoms with Crippen LogP contribution in [0.3, 0.4) is 0 Å². The average molecular weight is 522 g/mol. The highest BCUT2D eigenvalue weighted by molar-refractivity contribution is 7.17. The lowest BCUT2D eigenvalue weighted by Crippen LogP contribution is -2.28. The Balaban J connectivity index is 1.45. The van der Waals surface area contributed by atoms with Gasteiger partial charge in [-0.05, 0) is 68.7 Å². The molecule has 0 bridgehead atoms. The third-order valence-corrected chi connectivity index (χ3v) is 8.69. The number of hydrogen-bond acceptors (Lipinski definition) is 7. The van der Waals surface area contributed by atoms with Crippen LogP contribution in [0.15, 0.2) is 34.7 Å². The Labute approximate surface area is 216 Å². The van der Waals surface area contributed by atoms with Gasteiger partial charge in [-0.1, -0.05) is 18.2 Å². The van der Waals surface area contributed by atoms with E-state index in [1.54, 1.807) is 6.92 Å². The van der Waals surface area contributed by atoms with Crippen LogP contribution in [-0.2, 0) is 28.9 Å². The van der Waals surface area contributed by atoms with Crippen LogP contribution in [0.1, 0.15) is 51.7 Å². The molecular weight excluding hydrogens is 494 g/mol. The molecule has 9 heteroatoms. The molecule has 3 aromatic heterocycles. The van der Waals surface area contributed by atoms with E-state index in [4.69, 9.17) is 4.74 Å². The first-order valence-electron chi connectivity index (χ1n) is 12.0. The average Bonchev–Trinajstić information content (AvgIpc) is 3.44. The zero-order valence-electron chi connectivity index (χ0n) is 20.5. The molecule has 0 atom stereocenters. The van der Waals surface area contributed by atoms with E-state index >= 15 is 0 Å². The first kappa shape index (κ1) is 24.4. The highest BCUT2D eigenvalue weighted by Crippen LogP contribution is 2.38. The van der Waals surface area contributed by atoms with Crippen molar-refractivity contribution in [2.75, 3.05) is 11.9 Å². The van der Waals surface area contributed by atoms with E-state index in [0.29, 0.717) is 20.8 Å². The number of anilines is 1. The molecular formula is C27H27N3O4S2. The molecule has 0 saturated carbocycles. The van der Waals surface area contributed by atoms with Crippen LogP contribution in [0, 0.1) is 13.8 Å². The summed E-state index contributed by atoms with van der Waals surface area (Å²) in [7, 11) is 0. The Hall–Kier alpha value is -3.30. The number of hydrogen-bond donors (Lipinski definition) is 1. The van der Waals surface area contributed by atoms with Gasteiger partial charge >= 0.3 is 5.97 Å². The fraction of sp³-hybridized carbons (Fsp3) is 0.333. The Morgan fingerprint density at radius 1 is 1.17 bits per heavy atom. The van der Waals surface area contributed by atoms with E-state index in [1.807, 2.05) is 24.4 Å². The van der Waals surface area contributed by atoms with Crippen molar-refractivity contribution in [2.45, 2.75) is 53.0 Å². The minimum Gasteiger partial charge on any atom is -0.462 e. The van der Waals surface area contributed by atoms with Crippen LogP contribution < -0.4 is 10.9 Å². The number of carbonyl (C=O) groups excluding carboxylic acids is 2. The van der Waals surface area contributed by atoms with Crippen LogP contribution in [-0.4, -0.2) is 28.0 Å². The molecule has 1 N–H and O–H groups in total. The highest BCUT2D eigenvalue weighted by Gasteiger charge is 2.27. The number of ether oxygens (including phenoxy) is 1. The summed E-state index contributed by atoms with van der Waals surface area (Å²) in [5.41, 5.74) is 5.28. The van der Waals surface area contributed by atoms with Gasteiger partial charge in [-0.15, -0.1) is 22.7 Å². The molecule has 0 fully saturated rings. The summed E-state index contributed by atoms with van der Waals surface area (Å²) in [5.74, 6) is -0.797. The molecule has 0 radical (unpaired) electrons. The van der Waals surface area contributed by atoms with Crippen molar-refractivity contribution >= 4 is 49.8 Å². The molecule has 4 aromatic rings. The van der Waals surface area contributed by atoms with E-state index in [9.17, 15) is 14.4 Å². The summed E-state index contributed by atoms with van der Waals surface area (Å²) in [4.78, 5) is 45.4. The number of fused-ring (bicyclic) bond motifs is 2. The molecule has 3 heterocycles. The van der Waals surface area contributed by atoms with Crippen LogP contribution in [0.5, 0.6) is 0 Å². The number of nitrogens with one attached hydrogen (secondary N) is 1. The number of rotatable bonds is 6. The van der Waals surface area contributed by atoms with Gasteiger partial charge in [-0.25, -0.2) is 9.78 Å². The standard InChI is InChI=1S/C27H27N3O4S2/c1-4-34-27(33)23-18-7-5-6-8-20(18)36-25(23)29-21(31)12-30-14-28-24-22(26(30)32)19(13-35-24)17-10-9-15(2)16(3)11-17/h9-11,13-14H,4-8,12H2,1-3H3,(H,29,31). The van der Waals surface area contributed by atoms with Gasteiger partial charge in [0.25, 0.3) is 5.56 Å². The minimum atomic E-state index is -0.413. The van der Waals surface area contributed by atoms with Gasteiger partial charge in [-0.2, -0.15) is 0 Å². The van der Waals surface area contributed by atoms with Gasteiger partial charge in [0.2, 0.25) is 5.91 Å². The fourth-order valence-corrected chi connectivity index (χ4v) is 6.80. The second kappa shape index (κ2) is 9.99. The number of benzene rings is 1. The van der Waals surface area contributed by atoms with Gasteiger partial charge in [-0.3, -0.25) is 14.2 Å². The number of thiophene rings is 2. The van der Waals surface area contributed by atoms with E-state index in [-0.39, 0.29) is 24.6 Å². The summed E-state index contributed by atoms with van der Waals surface area (Å²) in [6.45, 7) is 5.92. The normalized spacial score (nSPS) is 13.0. The Morgan fingerprint density at radius 2 is 1.97 bits per heavy atom. The predicted molar refractivity (Wildman–Crippen MR) is 144 cm³/mol. The second-order valence-corrected chi connectivity index (χ2v) is 11.0. The molecule has 0 spiro atoms. The molecule has 36 heavy (non-hydrogen) atoms. The lowest BCUT2D eigenvalue weighted by molar-refractivity contribution is -0.116. The van der Waals surface area contributed by atoms with Crippen molar-refractivity contribution in [3.63, 3.8) is 0 Å². The van der Waals surface area contributed by atoms with Crippen molar-refractivity contribution in [3.05, 3.63) is 67.4 Å². The van der Waals surface area contributed by atoms with Gasteiger partial charge in [0.05, 0.1) is 23.9 Å². The van der Waals surface area contributed by atoms with E-state index in [2.05, 4.69) is 23.3 Å². The largest absolute Gasteiger partial charge is 0.462 e. The topological polar surface area (TPSA) is 90.3 Å². The van der Waals surface area contributed by atoms with E-state index < -0.39 is 5.97 Å². The third-order valence-electron chi connectivity index (χ3n) is 6.60. The van der Waals surface area contributed by atoms with Crippen LogP contribution >= 0.6 is 22.7 Å². The van der Waals surface area contributed by atoms with Crippen molar-refractivity contribution in [2.24, 2.45) is 0 Å². The second-order valence-electron chi connectivity index (χ2n) is 8.99. The zero-order chi connectivity index (χ0) is 25.4. The maximum absolute atomic E-state index is 13.4. The molecule has 0 unspecified atom stereocenters. The lowest BCUT2D eigenvalue weighted by atomic mass is 9.95. The summed E-state index contributed by atoms with van der Waals surface area (Å²) >= 11 is 2.84. The summed E-state index contributed by atoms with van der Waals surface area (Å²) < 4.78 is 6.60. The number of esters is 1. The first-order chi connectivity index (χ1) is 17.4. The number of nitrogens with zero attached hydrogens (tertiary/aromatic N) is 2. The van der Waals surface area contributed by atoms with Crippen molar-refractivity contribution < 1.29 is 14.3 Å². The number of aromatic nitrogens is 2. The Kier molecular flexibility index (Phi) is 6.77. The highest BCUT2D eigenvalue weighted by atomic mass is 32.1. The molecule has 1 aromatic carbocycles. The Bertz CT molecular complexity index is 1550. The SMILES string of the molecule is CCOC(=O)c1c(NC(=O)Cn2cnc3scc(-c4ccc(C)c(C)c4)c3c2=O)sc2c1CCCC2. The lowest BCUT2D eigenvalue weighted by Gasteiger charge is -2.12. The molecule has 1 aliphatic carbocycles. The summed E-state index contributed by atoms with van der Waals surface area (Å²) in [6.07, 6.45) is 5.18. The number of amides is 1. The van der Waals surface area contributed by atoms with Gasteiger partial charge in [0, 0.05) is 15.8 Å². The molecule has 5 rings (SSSR count). The minimum absolute atomic E-state index is 0.200. The molecule has 0 saturated heterocycles. The van der Waals surface area contributed by atoms with Crippen molar-refractivity contribution in [1.29, 1.82) is 0 Å². The van der Waals surface area contributed by atoms with Crippen LogP contribution in [0.25, 0.3) is 21.3 Å². The fourth-order valence-electron chi connectivity index (χ4n) is 4.60. The van der Waals surface area contributed by atoms with Gasteiger partial charge in [0.15, 0.2) is 0 Å². The molecule has 186 valence electrons. The van der Waals surface area contributed by atoms with Crippen LogP contribution in [0.2, 0.25) is 0 Å². The number of aryl methyl sites for hydroxylation is 3. The Morgan fingerprint density at radius 3 is 2.75 bits per heavy atom. The molecule has 0 aliphatic heterocycles. The smallest absolute Gasteiger partial charge is 0.341 e. The zero-order valence-corrected chi connectivity index (χ0v) is 22.1. The van der Waals surface area contributed by atoms with E-state index in [1.165, 1.54) is 39.1 Å².